The fourth-order valence-corrected chi connectivity index (χ4v) is 2.41. The molecule has 0 unspecified atom stereocenters. The number of amides is 1. The topological polar surface area (TPSA) is 80.7 Å². The van der Waals surface area contributed by atoms with E-state index in [9.17, 15) is 9.90 Å². The summed E-state index contributed by atoms with van der Waals surface area (Å²) in [6.07, 6.45) is 1.56. The fourth-order valence-electron chi connectivity index (χ4n) is 2.41. The molecule has 0 aliphatic heterocycles. The van der Waals surface area contributed by atoms with Crippen molar-refractivity contribution in [1.29, 1.82) is 0 Å². The van der Waals surface area contributed by atoms with Crippen LogP contribution in [0.1, 0.15) is 10.4 Å². The summed E-state index contributed by atoms with van der Waals surface area (Å²) in [5.74, 6) is 0.442. The second kappa shape index (κ2) is 6.45. The summed E-state index contributed by atoms with van der Waals surface area (Å²) in [5.41, 5.74) is 0.955. The number of phenolic OH excluding ortho intramolecular Hbond substituents is 1. The molecule has 6 heteroatoms. The summed E-state index contributed by atoms with van der Waals surface area (Å²) in [5, 5.41) is 13.8. The highest BCUT2D eigenvalue weighted by atomic mass is 16.5. The Morgan fingerprint density at radius 3 is 2.71 bits per heavy atom. The molecule has 1 heterocycles. The van der Waals surface area contributed by atoms with Crippen molar-refractivity contribution in [2.45, 2.75) is 0 Å². The van der Waals surface area contributed by atoms with Crippen LogP contribution in [0.2, 0.25) is 0 Å². The molecule has 0 saturated heterocycles. The van der Waals surface area contributed by atoms with Gasteiger partial charge in [0.2, 0.25) is 0 Å². The van der Waals surface area contributed by atoms with Crippen molar-refractivity contribution < 1.29 is 19.4 Å². The lowest BCUT2D eigenvalue weighted by atomic mass is 10.1. The third kappa shape index (κ3) is 2.81. The van der Waals surface area contributed by atoms with Crippen LogP contribution in [0.4, 0.5) is 5.69 Å². The molecule has 0 aliphatic rings. The Kier molecular flexibility index (Phi) is 4.20. The van der Waals surface area contributed by atoms with Crippen LogP contribution in [0.5, 0.6) is 17.2 Å². The molecule has 1 amide bonds. The zero-order valence-electron chi connectivity index (χ0n) is 13.2. The molecular weight excluding hydrogens is 308 g/mol. The second-order valence-corrected chi connectivity index (χ2v) is 5.06. The van der Waals surface area contributed by atoms with Crippen LogP contribution in [0, 0.1) is 0 Å². The number of carbonyl (C=O) groups excluding carboxylic acids is 1. The van der Waals surface area contributed by atoms with Gasteiger partial charge in [-0.05, 0) is 24.3 Å². The van der Waals surface area contributed by atoms with Gasteiger partial charge in [0.15, 0.2) is 5.75 Å². The first-order valence-electron chi connectivity index (χ1n) is 7.24. The van der Waals surface area contributed by atoms with Gasteiger partial charge >= 0.3 is 0 Å². The molecule has 0 spiro atoms. The Labute approximate surface area is 138 Å². The van der Waals surface area contributed by atoms with E-state index in [1.807, 2.05) is 6.07 Å². The summed E-state index contributed by atoms with van der Waals surface area (Å²) in [6.45, 7) is 0. The number of rotatable bonds is 4. The molecule has 0 fully saturated rings. The van der Waals surface area contributed by atoms with E-state index >= 15 is 0 Å². The summed E-state index contributed by atoms with van der Waals surface area (Å²) in [7, 11) is 3.04. The standard InChI is InChI=1S/C18H16N2O4/c1-23-12-6-8-15(24-2)14(10-12)20-18(22)13-7-5-11-4-3-9-19-16(11)17(13)21/h3-10,21H,1-2H3,(H,20,22). The predicted octanol–water partition coefficient (Wildman–Crippen LogP) is 3.21. The number of aromatic hydroxyl groups is 1. The van der Waals surface area contributed by atoms with Crippen LogP contribution >= 0.6 is 0 Å². The van der Waals surface area contributed by atoms with E-state index in [-0.39, 0.29) is 11.3 Å². The Bertz CT molecular complexity index is 909. The van der Waals surface area contributed by atoms with Crippen molar-refractivity contribution in [3.05, 3.63) is 54.2 Å². The normalized spacial score (nSPS) is 10.4. The first-order chi connectivity index (χ1) is 11.6. The number of pyridine rings is 1. The number of hydrogen-bond acceptors (Lipinski definition) is 5. The largest absolute Gasteiger partial charge is 0.505 e. The summed E-state index contributed by atoms with van der Waals surface area (Å²) in [4.78, 5) is 16.7. The average Bonchev–Trinajstić information content (AvgIpc) is 2.62. The van der Waals surface area contributed by atoms with Gasteiger partial charge in [-0.2, -0.15) is 0 Å². The van der Waals surface area contributed by atoms with Crippen molar-refractivity contribution in [2.75, 3.05) is 19.5 Å². The number of anilines is 1. The molecule has 3 rings (SSSR count). The van der Waals surface area contributed by atoms with Crippen LogP contribution in [0.3, 0.4) is 0 Å². The van der Waals surface area contributed by atoms with Gasteiger partial charge in [-0.3, -0.25) is 9.78 Å². The molecule has 1 aromatic heterocycles. The molecule has 0 saturated carbocycles. The number of carbonyl (C=O) groups is 1. The molecule has 24 heavy (non-hydrogen) atoms. The molecule has 6 nitrogen and oxygen atoms in total. The quantitative estimate of drug-likeness (QED) is 0.770. The third-order valence-corrected chi connectivity index (χ3v) is 3.65. The zero-order valence-corrected chi connectivity index (χ0v) is 13.2. The van der Waals surface area contributed by atoms with E-state index in [2.05, 4.69) is 10.3 Å². The summed E-state index contributed by atoms with van der Waals surface area (Å²) >= 11 is 0. The Morgan fingerprint density at radius 2 is 1.96 bits per heavy atom. The smallest absolute Gasteiger partial charge is 0.259 e. The van der Waals surface area contributed by atoms with Crippen molar-refractivity contribution in [2.24, 2.45) is 0 Å². The van der Waals surface area contributed by atoms with E-state index in [1.165, 1.54) is 14.2 Å². The third-order valence-electron chi connectivity index (χ3n) is 3.65. The maximum atomic E-state index is 12.6. The second-order valence-electron chi connectivity index (χ2n) is 5.06. The van der Waals surface area contributed by atoms with Crippen LogP contribution in [0.25, 0.3) is 10.9 Å². The molecule has 122 valence electrons. The van der Waals surface area contributed by atoms with Crippen LogP contribution in [-0.4, -0.2) is 30.2 Å². The van der Waals surface area contributed by atoms with E-state index in [4.69, 9.17) is 9.47 Å². The van der Waals surface area contributed by atoms with Gasteiger partial charge in [0.25, 0.3) is 5.91 Å². The lowest BCUT2D eigenvalue weighted by Crippen LogP contribution is -2.13. The van der Waals surface area contributed by atoms with Gasteiger partial charge in [-0.25, -0.2) is 0 Å². The van der Waals surface area contributed by atoms with Crippen LogP contribution < -0.4 is 14.8 Å². The SMILES string of the molecule is COc1ccc(OC)c(NC(=O)c2ccc3cccnc3c2O)c1. The number of hydrogen-bond donors (Lipinski definition) is 2. The van der Waals surface area contributed by atoms with Crippen molar-refractivity contribution in [3.8, 4) is 17.2 Å². The number of nitrogens with zero attached hydrogens (tertiary/aromatic N) is 1. The summed E-state index contributed by atoms with van der Waals surface area (Å²) < 4.78 is 10.4. The highest BCUT2D eigenvalue weighted by molar-refractivity contribution is 6.09. The predicted molar refractivity (Wildman–Crippen MR) is 90.9 cm³/mol. The van der Waals surface area contributed by atoms with Crippen molar-refractivity contribution in [3.63, 3.8) is 0 Å². The molecule has 0 atom stereocenters. The number of nitrogens with one attached hydrogen (secondary N) is 1. The molecular formula is C18H16N2O4. The van der Waals surface area contributed by atoms with Gasteiger partial charge in [0, 0.05) is 17.6 Å². The minimum absolute atomic E-state index is 0.131. The minimum Gasteiger partial charge on any atom is -0.505 e. The lowest BCUT2D eigenvalue weighted by Gasteiger charge is -2.12. The monoisotopic (exact) mass is 324 g/mol. The lowest BCUT2D eigenvalue weighted by molar-refractivity contribution is 0.102. The van der Waals surface area contributed by atoms with Crippen LogP contribution in [-0.2, 0) is 0 Å². The fraction of sp³-hybridized carbons (Fsp3) is 0.111. The van der Waals surface area contributed by atoms with E-state index in [0.29, 0.717) is 22.7 Å². The average molecular weight is 324 g/mol. The number of fused-ring (bicyclic) bond motifs is 1. The van der Waals surface area contributed by atoms with E-state index < -0.39 is 5.91 Å². The maximum absolute atomic E-state index is 12.6. The maximum Gasteiger partial charge on any atom is 0.259 e. The number of benzene rings is 2. The molecule has 0 radical (unpaired) electrons. The van der Waals surface area contributed by atoms with Gasteiger partial charge in [0.1, 0.15) is 17.0 Å². The highest BCUT2D eigenvalue weighted by Crippen LogP contribution is 2.31. The Morgan fingerprint density at radius 1 is 1.12 bits per heavy atom. The van der Waals surface area contributed by atoms with Crippen molar-refractivity contribution >= 4 is 22.5 Å². The van der Waals surface area contributed by atoms with Crippen molar-refractivity contribution in [1.82, 2.24) is 4.98 Å². The number of phenols is 1. The first kappa shape index (κ1) is 15.6. The van der Waals surface area contributed by atoms with Gasteiger partial charge < -0.3 is 19.9 Å². The highest BCUT2D eigenvalue weighted by Gasteiger charge is 2.16. The van der Waals surface area contributed by atoms with Gasteiger partial charge in [-0.15, -0.1) is 0 Å². The van der Waals surface area contributed by atoms with Gasteiger partial charge in [-0.1, -0.05) is 12.1 Å². The molecule has 2 N–H and O–H groups in total. The zero-order chi connectivity index (χ0) is 17.1. The van der Waals surface area contributed by atoms with E-state index in [0.717, 1.165) is 5.39 Å². The molecule has 0 aliphatic carbocycles. The Balaban J connectivity index is 1.97. The minimum atomic E-state index is -0.466. The Hall–Kier alpha value is -3.28. The number of ether oxygens (including phenoxy) is 2. The van der Waals surface area contributed by atoms with E-state index in [1.54, 1.807) is 42.6 Å². The summed E-state index contributed by atoms with van der Waals surface area (Å²) in [6, 6.07) is 11.9. The van der Waals surface area contributed by atoms with Gasteiger partial charge in [0.05, 0.1) is 25.5 Å². The molecule has 2 aromatic carbocycles. The molecule has 0 bridgehead atoms. The number of methoxy groups -OCH3 is 2. The van der Waals surface area contributed by atoms with Crippen LogP contribution in [0.15, 0.2) is 48.7 Å². The first-order valence-corrected chi connectivity index (χ1v) is 7.24. The molecule has 3 aromatic rings. The number of aromatic nitrogens is 1.